The molecule has 0 amide bonds. The average Bonchev–Trinajstić information content (AvgIpc) is 2.12. The van der Waals surface area contributed by atoms with Crippen LogP contribution in [0.4, 0.5) is 0 Å². The summed E-state index contributed by atoms with van der Waals surface area (Å²) in [6.07, 6.45) is 2.22. The van der Waals surface area contributed by atoms with Crippen molar-refractivity contribution in [3.63, 3.8) is 0 Å². The van der Waals surface area contributed by atoms with E-state index in [9.17, 15) is 0 Å². The van der Waals surface area contributed by atoms with Crippen LogP contribution in [0.3, 0.4) is 0 Å². The summed E-state index contributed by atoms with van der Waals surface area (Å²) in [5.41, 5.74) is 0. The van der Waals surface area contributed by atoms with Gasteiger partial charge in [-0.25, -0.2) is 0 Å². The molecule has 0 aliphatic carbocycles. The zero-order valence-electron chi connectivity index (χ0n) is 12.9. The smallest absolute Gasteiger partial charge is 0.0620 e. The maximum Gasteiger partial charge on any atom is 0.0620 e. The van der Waals surface area contributed by atoms with E-state index in [1.54, 1.807) is 5.25 Å². The van der Waals surface area contributed by atoms with Crippen LogP contribution in [-0.4, -0.2) is 26.2 Å². The van der Waals surface area contributed by atoms with Crippen LogP contribution < -0.4 is 0 Å². The van der Waals surface area contributed by atoms with Crippen LogP contribution in [0, 0.1) is 5.25 Å². The first-order valence-electron chi connectivity index (χ1n) is 6.22. The molecule has 0 saturated heterocycles. The largest absolute Gasteiger partial charge is 0.158 e. The lowest BCUT2D eigenvalue weighted by molar-refractivity contribution is 0.654. The molecule has 17 heavy (non-hydrogen) atoms. The maximum atomic E-state index is 2.37. The van der Waals surface area contributed by atoms with Crippen molar-refractivity contribution < 1.29 is 0 Å². The Bertz CT molecular complexity index is 226. The van der Waals surface area contributed by atoms with Gasteiger partial charge in [0.05, 0.1) is 5.25 Å². The third-order valence-electron chi connectivity index (χ3n) is 2.52. The fraction of sp³-hybridized carbons (Fsp3) is 0.929. The molecule has 0 saturated carbocycles. The molecule has 0 fully saturated rings. The molecule has 0 N–H and O–H groups in total. The van der Waals surface area contributed by atoms with E-state index in [0.29, 0.717) is 0 Å². The van der Waals surface area contributed by atoms with Crippen molar-refractivity contribution in [3.05, 3.63) is 5.25 Å². The molecule has 0 aromatic rings. The molecule has 0 unspecified atom stereocenters. The Morgan fingerprint density at radius 1 is 0.882 bits per heavy atom. The van der Waals surface area contributed by atoms with Crippen LogP contribution >= 0.6 is 35.3 Å². The lowest BCUT2D eigenvalue weighted by Gasteiger charge is -2.44. The van der Waals surface area contributed by atoms with Crippen molar-refractivity contribution in [1.29, 1.82) is 0 Å². The fourth-order valence-corrected chi connectivity index (χ4v) is 5.19. The fourth-order valence-electron chi connectivity index (χ4n) is 1.80. The lowest BCUT2D eigenvalue weighted by atomic mass is 9.98. The second-order valence-electron chi connectivity index (χ2n) is 6.20. The summed E-state index contributed by atoms with van der Waals surface area (Å²) in [4.78, 5) is 0. The summed E-state index contributed by atoms with van der Waals surface area (Å²) < 4.78 is 0.747. The Kier molecular flexibility index (Phi) is 6.87. The molecule has 0 aromatic carbocycles. The maximum absolute atomic E-state index is 2.37. The average molecular weight is 294 g/mol. The van der Waals surface area contributed by atoms with E-state index < -0.39 is 0 Å². The normalized spacial score (nSPS) is 14.5. The van der Waals surface area contributed by atoms with Gasteiger partial charge in [0.15, 0.2) is 0 Å². The minimum atomic E-state index is 0.226. The van der Waals surface area contributed by atoms with Crippen LogP contribution in [0.15, 0.2) is 0 Å². The van der Waals surface area contributed by atoms with Gasteiger partial charge in [0.25, 0.3) is 0 Å². The number of thioether (sulfide) groups is 3. The zero-order valence-corrected chi connectivity index (χ0v) is 15.4. The SMILES string of the molecule is CCSC(C)(C)[C](SC(C)(C)C)C(C)(C)SC. The van der Waals surface area contributed by atoms with Gasteiger partial charge in [-0.1, -0.05) is 27.7 Å². The van der Waals surface area contributed by atoms with E-state index in [0.717, 1.165) is 0 Å². The lowest BCUT2D eigenvalue weighted by Crippen LogP contribution is -2.39. The van der Waals surface area contributed by atoms with Crippen LogP contribution in [0.2, 0.25) is 0 Å². The first-order valence-corrected chi connectivity index (χ1v) is 9.25. The van der Waals surface area contributed by atoms with Gasteiger partial charge >= 0.3 is 0 Å². The van der Waals surface area contributed by atoms with Crippen LogP contribution in [0.25, 0.3) is 0 Å². The number of hydrogen-bond donors (Lipinski definition) is 0. The van der Waals surface area contributed by atoms with Crippen molar-refractivity contribution in [1.82, 2.24) is 0 Å². The summed E-state index contributed by atoms with van der Waals surface area (Å²) >= 11 is 6.07. The van der Waals surface area contributed by atoms with Gasteiger partial charge < -0.3 is 0 Å². The molecule has 3 heteroatoms. The molecule has 0 aromatic heterocycles. The van der Waals surface area contributed by atoms with Gasteiger partial charge in [0.2, 0.25) is 0 Å². The topological polar surface area (TPSA) is 0 Å². The Labute approximate surface area is 122 Å². The molecule has 0 atom stereocenters. The third kappa shape index (κ3) is 6.15. The molecule has 0 heterocycles. The monoisotopic (exact) mass is 293 g/mol. The summed E-state index contributed by atoms with van der Waals surface area (Å²) in [6.45, 7) is 18.6. The van der Waals surface area contributed by atoms with Gasteiger partial charge in [0.1, 0.15) is 0 Å². The van der Waals surface area contributed by atoms with Crippen molar-refractivity contribution in [2.45, 2.75) is 69.6 Å². The predicted octanol–water partition coefficient (Wildman–Crippen LogP) is 5.72. The Hall–Kier alpha value is 1.05. The van der Waals surface area contributed by atoms with Crippen molar-refractivity contribution in [3.8, 4) is 0 Å². The minimum Gasteiger partial charge on any atom is -0.158 e. The van der Waals surface area contributed by atoms with Gasteiger partial charge in [-0.3, -0.25) is 0 Å². The first kappa shape index (κ1) is 18.0. The van der Waals surface area contributed by atoms with Crippen molar-refractivity contribution in [2.75, 3.05) is 12.0 Å². The van der Waals surface area contributed by atoms with Crippen molar-refractivity contribution in [2.24, 2.45) is 0 Å². The van der Waals surface area contributed by atoms with E-state index in [1.807, 2.05) is 11.8 Å². The molecule has 1 radical (unpaired) electrons. The molecule has 0 nitrogen and oxygen atoms in total. The van der Waals surface area contributed by atoms with E-state index in [-0.39, 0.29) is 14.2 Å². The van der Waals surface area contributed by atoms with E-state index in [2.05, 4.69) is 85.2 Å². The molecular weight excluding hydrogens is 264 g/mol. The minimum absolute atomic E-state index is 0.226. The molecular formula is C14H29S3. The Balaban J connectivity index is 5.11. The van der Waals surface area contributed by atoms with Gasteiger partial charge in [-0.15, -0.1) is 11.8 Å². The van der Waals surface area contributed by atoms with E-state index in [1.165, 1.54) is 5.75 Å². The second-order valence-corrected chi connectivity index (χ2v) is 11.4. The highest BCUT2D eigenvalue weighted by molar-refractivity contribution is 8.08. The number of hydrogen-bond acceptors (Lipinski definition) is 3. The molecule has 0 aliphatic heterocycles. The molecule has 0 rings (SSSR count). The van der Waals surface area contributed by atoms with Crippen LogP contribution in [-0.2, 0) is 0 Å². The van der Waals surface area contributed by atoms with Gasteiger partial charge in [-0.2, -0.15) is 23.5 Å². The molecule has 0 spiro atoms. The van der Waals surface area contributed by atoms with Crippen LogP contribution in [0.5, 0.6) is 0 Å². The second kappa shape index (κ2) is 6.47. The molecule has 103 valence electrons. The first-order chi connectivity index (χ1) is 7.46. The predicted molar refractivity (Wildman–Crippen MR) is 90.4 cm³/mol. The van der Waals surface area contributed by atoms with Gasteiger partial charge in [-0.05, 0) is 39.7 Å². The Morgan fingerprint density at radius 3 is 1.65 bits per heavy atom. The highest BCUT2D eigenvalue weighted by atomic mass is 32.2. The Morgan fingerprint density at radius 2 is 1.35 bits per heavy atom. The number of rotatable bonds is 6. The van der Waals surface area contributed by atoms with Crippen LogP contribution in [0.1, 0.15) is 55.4 Å². The molecule has 0 aliphatic rings. The van der Waals surface area contributed by atoms with E-state index >= 15 is 0 Å². The van der Waals surface area contributed by atoms with Crippen molar-refractivity contribution >= 4 is 35.3 Å². The third-order valence-corrected chi connectivity index (χ3v) is 7.05. The summed E-state index contributed by atoms with van der Waals surface area (Å²) in [7, 11) is 0. The van der Waals surface area contributed by atoms with E-state index in [4.69, 9.17) is 0 Å². The zero-order chi connectivity index (χ0) is 13.9. The summed E-state index contributed by atoms with van der Waals surface area (Å²) in [5.74, 6) is 1.17. The van der Waals surface area contributed by atoms with Gasteiger partial charge in [0, 0.05) is 14.2 Å². The summed E-state index contributed by atoms with van der Waals surface area (Å²) in [5, 5.41) is 1.61. The highest BCUT2D eigenvalue weighted by Crippen LogP contribution is 2.54. The molecule has 0 bridgehead atoms. The quantitative estimate of drug-likeness (QED) is 0.614. The highest BCUT2D eigenvalue weighted by Gasteiger charge is 2.43. The standard InChI is InChI=1S/C14H29S3/c1-10-16-14(7,8)11(13(5,6)15-9)17-12(2,3)4/h10H2,1-9H3. The summed E-state index contributed by atoms with van der Waals surface area (Å²) in [6, 6.07) is 0.